The summed E-state index contributed by atoms with van der Waals surface area (Å²) in [5.74, 6) is 0.447. The molecule has 2 aliphatic rings. The number of methoxy groups -OCH3 is 1. The van der Waals surface area contributed by atoms with Gasteiger partial charge in [0.1, 0.15) is 18.1 Å². The summed E-state index contributed by atoms with van der Waals surface area (Å²) in [7, 11) is 1.67. The maximum absolute atomic E-state index is 14.4. The van der Waals surface area contributed by atoms with Crippen molar-refractivity contribution in [1.29, 1.82) is 0 Å². The SMILES string of the molecule is COC1(c2cc(F)cc(Sc3ccc4c(c3)OC(C)[NH+]([O-])C4)c2)CCOCC1. The van der Waals surface area contributed by atoms with Crippen molar-refractivity contribution in [2.75, 3.05) is 20.3 Å². The monoisotopic (exact) mass is 405 g/mol. The maximum Gasteiger partial charge on any atom is 0.229 e. The van der Waals surface area contributed by atoms with Crippen molar-refractivity contribution >= 4 is 11.8 Å². The van der Waals surface area contributed by atoms with Crippen LogP contribution in [0.5, 0.6) is 5.75 Å². The van der Waals surface area contributed by atoms with Gasteiger partial charge in [-0.25, -0.2) is 4.39 Å². The molecule has 28 heavy (non-hydrogen) atoms. The number of hydrogen-bond donors (Lipinski definition) is 1. The molecule has 2 heterocycles. The molecule has 0 aromatic heterocycles. The van der Waals surface area contributed by atoms with Gasteiger partial charge < -0.3 is 24.5 Å². The Labute approximate surface area is 168 Å². The molecular formula is C21H24FNO4S. The van der Waals surface area contributed by atoms with Gasteiger partial charge in [-0.2, -0.15) is 0 Å². The molecule has 2 unspecified atom stereocenters. The zero-order chi connectivity index (χ0) is 19.7. The number of benzene rings is 2. The van der Waals surface area contributed by atoms with Crippen molar-refractivity contribution in [1.82, 2.24) is 0 Å². The highest BCUT2D eigenvalue weighted by Gasteiger charge is 2.35. The molecule has 0 radical (unpaired) electrons. The van der Waals surface area contributed by atoms with Gasteiger partial charge in [-0.05, 0) is 42.0 Å². The summed E-state index contributed by atoms with van der Waals surface area (Å²) >= 11 is 1.47. The van der Waals surface area contributed by atoms with Crippen LogP contribution in [0.4, 0.5) is 4.39 Å². The number of hydrogen-bond acceptors (Lipinski definition) is 5. The van der Waals surface area contributed by atoms with Gasteiger partial charge in [0.05, 0.1) is 5.60 Å². The molecule has 1 saturated heterocycles. The summed E-state index contributed by atoms with van der Waals surface area (Å²) in [4.78, 5) is 1.74. The van der Waals surface area contributed by atoms with Crippen molar-refractivity contribution in [3.8, 4) is 5.75 Å². The van der Waals surface area contributed by atoms with E-state index in [0.29, 0.717) is 32.6 Å². The summed E-state index contributed by atoms with van der Waals surface area (Å²) in [5.41, 5.74) is 1.23. The first-order valence-electron chi connectivity index (χ1n) is 9.43. The van der Waals surface area contributed by atoms with Crippen LogP contribution in [0, 0.1) is 11.0 Å². The molecule has 1 fully saturated rings. The van der Waals surface area contributed by atoms with Gasteiger partial charge in [0.25, 0.3) is 0 Å². The van der Waals surface area contributed by atoms with E-state index in [1.807, 2.05) is 24.3 Å². The Bertz CT molecular complexity index is 856. The Kier molecular flexibility index (Phi) is 5.62. The number of fused-ring (bicyclic) bond motifs is 1. The highest BCUT2D eigenvalue weighted by Crippen LogP contribution is 2.39. The van der Waals surface area contributed by atoms with Crippen LogP contribution in [0.15, 0.2) is 46.2 Å². The molecule has 0 bridgehead atoms. The fourth-order valence-electron chi connectivity index (χ4n) is 3.77. The van der Waals surface area contributed by atoms with Crippen molar-refractivity contribution < 1.29 is 23.7 Å². The minimum Gasteiger partial charge on any atom is -0.631 e. The van der Waals surface area contributed by atoms with Gasteiger partial charge in [-0.1, -0.05) is 11.8 Å². The van der Waals surface area contributed by atoms with Gasteiger partial charge in [0, 0.05) is 55.4 Å². The van der Waals surface area contributed by atoms with Crippen LogP contribution in [0.25, 0.3) is 0 Å². The average molecular weight is 405 g/mol. The molecular weight excluding hydrogens is 381 g/mol. The van der Waals surface area contributed by atoms with E-state index < -0.39 is 11.8 Å². The second-order valence-electron chi connectivity index (χ2n) is 7.26. The molecule has 2 atom stereocenters. The molecule has 150 valence electrons. The fraction of sp³-hybridized carbons (Fsp3) is 0.429. The van der Waals surface area contributed by atoms with Crippen LogP contribution in [-0.2, 0) is 21.6 Å². The molecule has 7 heteroatoms. The third-order valence-corrected chi connectivity index (χ3v) is 6.45. The quantitative estimate of drug-likeness (QED) is 0.792. The lowest BCUT2D eigenvalue weighted by Crippen LogP contribution is -3.11. The zero-order valence-corrected chi connectivity index (χ0v) is 16.8. The lowest BCUT2D eigenvalue weighted by atomic mass is 9.86. The summed E-state index contributed by atoms with van der Waals surface area (Å²) in [5, 5.41) is 11.9. The van der Waals surface area contributed by atoms with E-state index in [4.69, 9.17) is 14.2 Å². The van der Waals surface area contributed by atoms with Crippen molar-refractivity contribution in [3.05, 3.63) is 58.5 Å². The molecule has 2 aliphatic heterocycles. The van der Waals surface area contributed by atoms with E-state index >= 15 is 0 Å². The minimum atomic E-state index is -0.510. The molecule has 1 N–H and O–H groups in total. The summed E-state index contributed by atoms with van der Waals surface area (Å²) in [6.45, 7) is 3.36. The normalized spacial score (nSPS) is 23.7. The first-order valence-corrected chi connectivity index (χ1v) is 10.2. The van der Waals surface area contributed by atoms with Gasteiger partial charge in [0.15, 0.2) is 0 Å². The fourth-order valence-corrected chi connectivity index (χ4v) is 4.71. The number of halogens is 1. The third-order valence-electron chi connectivity index (χ3n) is 5.48. The minimum absolute atomic E-state index is 0.0870. The van der Waals surface area contributed by atoms with Crippen LogP contribution in [0.1, 0.15) is 30.9 Å². The standard InChI is InChI=1S/C21H24FNO4S/c1-14-23(24)13-15-3-4-18(12-20(15)27-14)28-19-10-16(9-17(22)11-19)21(25-2)5-7-26-8-6-21/h3-4,9-12,14,23H,5-8,13H2,1-2H3. The average Bonchev–Trinajstić information content (AvgIpc) is 2.69. The summed E-state index contributed by atoms with van der Waals surface area (Å²) < 4.78 is 31.4. The van der Waals surface area contributed by atoms with E-state index in [1.165, 1.54) is 17.8 Å². The Morgan fingerprint density at radius 3 is 2.71 bits per heavy atom. The maximum atomic E-state index is 14.4. The van der Waals surface area contributed by atoms with Crippen LogP contribution in [-0.4, -0.2) is 26.6 Å². The first kappa shape index (κ1) is 19.7. The molecule has 2 aromatic rings. The van der Waals surface area contributed by atoms with Crippen LogP contribution in [0.2, 0.25) is 0 Å². The second kappa shape index (κ2) is 8.00. The lowest BCUT2D eigenvalue weighted by molar-refractivity contribution is -0.911. The van der Waals surface area contributed by atoms with Gasteiger partial charge >= 0.3 is 0 Å². The predicted molar refractivity (Wildman–Crippen MR) is 104 cm³/mol. The predicted octanol–water partition coefficient (Wildman–Crippen LogP) is 3.25. The Hall–Kier alpha value is -1.64. The van der Waals surface area contributed by atoms with Crippen molar-refractivity contribution in [2.45, 2.75) is 47.9 Å². The molecule has 5 nitrogen and oxygen atoms in total. The van der Waals surface area contributed by atoms with E-state index in [2.05, 4.69) is 0 Å². The van der Waals surface area contributed by atoms with E-state index in [1.54, 1.807) is 20.1 Å². The molecule has 0 saturated carbocycles. The third kappa shape index (κ3) is 3.90. The molecule has 4 rings (SSSR count). The molecule has 0 aliphatic carbocycles. The Morgan fingerprint density at radius 1 is 1.18 bits per heavy atom. The van der Waals surface area contributed by atoms with E-state index in [-0.39, 0.29) is 10.9 Å². The van der Waals surface area contributed by atoms with Crippen LogP contribution in [0.3, 0.4) is 0 Å². The summed E-state index contributed by atoms with van der Waals surface area (Å²) in [6, 6.07) is 10.9. The number of ether oxygens (including phenoxy) is 3. The van der Waals surface area contributed by atoms with E-state index in [9.17, 15) is 9.60 Å². The smallest absolute Gasteiger partial charge is 0.229 e. The highest BCUT2D eigenvalue weighted by atomic mass is 32.2. The Morgan fingerprint density at radius 2 is 1.96 bits per heavy atom. The van der Waals surface area contributed by atoms with Crippen molar-refractivity contribution in [2.24, 2.45) is 0 Å². The topological polar surface area (TPSA) is 55.2 Å². The second-order valence-corrected chi connectivity index (χ2v) is 8.41. The Balaban J connectivity index is 1.60. The summed E-state index contributed by atoms with van der Waals surface area (Å²) in [6.07, 6.45) is 0.981. The van der Waals surface area contributed by atoms with E-state index in [0.717, 1.165) is 26.7 Å². The van der Waals surface area contributed by atoms with Crippen molar-refractivity contribution in [3.63, 3.8) is 0 Å². The number of nitrogens with one attached hydrogen (secondary N) is 1. The number of quaternary nitrogens is 1. The zero-order valence-electron chi connectivity index (χ0n) is 16.0. The number of hydroxylamine groups is 2. The van der Waals surface area contributed by atoms with Gasteiger partial charge in [-0.15, -0.1) is 0 Å². The van der Waals surface area contributed by atoms with Gasteiger partial charge in [-0.3, -0.25) is 0 Å². The largest absolute Gasteiger partial charge is 0.631 e. The lowest BCUT2D eigenvalue weighted by Gasteiger charge is -2.36. The molecule has 0 amide bonds. The van der Waals surface area contributed by atoms with Crippen LogP contribution < -0.4 is 9.80 Å². The first-order chi connectivity index (χ1) is 13.5. The highest BCUT2D eigenvalue weighted by molar-refractivity contribution is 7.99. The van der Waals surface area contributed by atoms with Gasteiger partial charge in [0.2, 0.25) is 6.23 Å². The molecule has 0 spiro atoms. The van der Waals surface area contributed by atoms with Crippen LogP contribution >= 0.6 is 11.8 Å². The number of rotatable bonds is 4. The molecule has 2 aromatic carbocycles.